The molecular weight excluding hydrogens is 512 g/mol. The largest absolute Gasteiger partial charge is 0.450 e. The quantitative estimate of drug-likeness (QED) is 0.351. The zero-order chi connectivity index (χ0) is 26.9. The highest BCUT2D eigenvalue weighted by atomic mass is 32.2. The second kappa shape index (κ2) is 9.97. The van der Waals surface area contributed by atoms with Gasteiger partial charge >= 0.3 is 0 Å². The molecule has 1 amide bonds. The van der Waals surface area contributed by atoms with Crippen molar-refractivity contribution in [2.24, 2.45) is 7.05 Å². The van der Waals surface area contributed by atoms with Crippen molar-refractivity contribution in [2.45, 2.75) is 13.8 Å². The van der Waals surface area contributed by atoms with Gasteiger partial charge in [0.2, 0.25) is 21.7 Å². The standard InChI is InChI=1S/C23H21F2N5O6S/c1-4-27-21(31)18-7-14-19(35-18)15(11-30(3)23(14)32)13-6-12(29-37(33,34)5-2)8-28-22(13)36-20-16(24)9-26-10-17(20)25/h6-11,29H,4-5H2,1-3H3,(H,27,31). The summed E-state index contributed by atoms with van der Waals surface area (Å²) in [6.45, 7) is 3.46. The third-order valence-corrected chi connectivity index (χ3v) is 6.52. The van der Waals surface area contributed by atoms with Crippen LogP contribution in [0.5, 0.6) is 11.6 Å². The second-order valence-corrected chi connectivity index (χ2v) is 9.80. The minimum Gasteiger partial charge on any atom is -0.450 e. The summed E-state index contributed by atoms with van der Waals surface area (Å²) >= 11 is 0. The third kappa shape index (κ3) is 5.14. The summed E-state index contributed by atoms with van der Waals surface area (Å²) in [7, 11) is -2.27. The van der Waals surface area contributed by atoms with E-state index in [1.165, 1.54) is 36.9 Å². The topological polar surface area (TPSA) is 145 Å². The molecule has 194 valence electrons. The molecule has 0 saturated heterocycles. The first-order valence-corrected chi connectivity index (χ1v) is 12.6. The lowest BCUT2D eigenvalue weighted by molar-refractivity contribution is 0.0930. The average molecular weight is 534 g/mol. The van der Waals surface area contributed by atoms with Gasteiger partial charge in [-0.3, -0.25) is 19.3 Å². The molecule has 0 aliphatic heterocycles. The van der Waals surface area contributed by atoms with Crippen molar-refractivity contribution in [2.75, 3.05) is 17.0 Å². The number of aromatic nitrogens is 3. The van der Waals surface area contributed by atoms with Crippen molar-refractivity contribution in [1.29, 1.82) is 0 Å². The predicted molar refractivity (Wildman–Crippen MR) is 130 cm³/mol. The van der Waals surface area contributed by atoms with Gasteiger partial charge in [0.05, 0.1) is 41.0 Å². The van der Waals surface area contributed by atoms with Crippen LogP contribution < -0.4 is 20.3 Å². The third-order valence-electron chi connectivity index (χ3n) is 5.21. The maximum atomic E-state index is 14.3. The molecule has 0 spiro atoms. The van der Waals surface area contributed by atoms with Crippen LogP contribution in [0.4, 0.5) is 14.5 Å². The molecule has 11 nitrogen and oxygen atoms in total. The molecular formula is C23H21F2N5O6S. The number of halogens is 2. The minimum absolute atomic E-state index is 0.0115. The maximum Gasteiger partial charge on any atom is 0.287 e. The molecule has 2 N–H and O–H groups in total. The van der Waals surface area contributed by atoms with Gasteiger partial charge in [-0.1, -0.05) is 0 Å². The number of carbonyl (C=O) groups is 1. The van der Waals surface area contributed by atoms with Gasteiger partial charge in [0.1, 0.15) is 5.58 Å². The van der Waals surface area contributed by atoms with Gasteiger partial charge in [0.25, 0.3) is 11.5 Å². The van der Waals surface area contributed by atoms with E-state index >= 15 is 0 Å². The number of rotatable bonds is 8. The molecule has 0 aliphatic rings. The van der Waals surface area contributed by atoms with Gasteiger partial charge in [-0.15, -0.1) is 0 Å². The summed E-state index contributed by atoms with van der Waals surface area (Å²) in [6.07, 6.45) is 3.94. The summed E-state index contributed by atoms with van der Waals surface area (Å²) < 4.78 is 67.6. The van der Waals surface area contributed by atoms with E-state index in [0.29, 0.717) is 6.54 Å². The Morgan fingerprint density at radius 3 is 2.49 bits per heavy atom. The highest BCUT2D eigenvalue weighted by Gasteiger charge is 2.23. The number of amides is 1. The Balaban J connectivity index is 1.98. The number of ether oxygens (including phenoxy) is 1. The first kappa shape index (κ1) is 25.8. The number of furan rings is 1. The Kier molecular flexibility index (Phi) is 6.94. The van der Waals surface area contributed by atoms with Crippen LogP contribution in [0.3, 0.4) is 0 Å². The van der Waals surface area contributed by atoms with E-state index in [2.05, 4.69) is 20.0 Å². The Labute approximate surface area is 209 Å². The van der Waals surface area contributed by atoms with Crippen molar-refractivity contribution in [1.82, 2.24) is 19.9 Å². The summed E-state index contributed by atoms with van der Waals surface area (Å²) in [6, 6.07) is 2.58. The van der Waals surface area contributed by atoms with E-state index in [9.17, 15) is 26.8 Å². The molecule has 0 fully saturated rings. The van der Waals surface area contributed by atoms with Gasteiger partial charge in [-0.05, 0) is 19.9 Å². The normalized spacial score (nSPS) is 11.5. The summed E-state index contributed by atoms with van der Waals surface area (Å²) in [5, 5.41) is 2.60. The zero-order valence-corrected chi connectivity index (χ0v) is 20.7. The molecule has 0 radical (unpaired) electrons. The van der Waals surface area contributed by atoms with Gasteiger partial charge in [0.15, 0.2) is 17.4 Å². The zero-order valence-electron chi connectivity index (χ0n) is 19.8. The van der Waals surface area contributed by atoms with Crippen molar-refractivity contribution in [3.8, 4) is 22.8 Å². The molecule has 0 saturated carbocycles. The highest BCUT2D eigenvalue weighted by Crippen LogP contribution is 2.38. The van der Waals surface area contributed by atoms with Gasteiger partial charge in [-0.25, -0.2) is 22.2 Å². The molecule has 37 heavy (non-hydrogen) atoms. The lowest BCUT2D eigenvalue weighted by Crippen LogP contribution is -2.22. The molecule has 0 atom stereocenters. The summed E-state index contributed by atoms with van der Waals surface area (Å²) in [4.78, 5) is 32.6. The van der Waals surface area contributed by atoms with Crippen LogP contribution in [0.25, 0.3) is 22.1 Å². The van der Waals surface area contributed by atoms with Gasteiger partial charge in [-0.2, -0.15) is 0 Å². The molecule has 0 aromatic carbocycles. The lowest BCUT2D eigenvalue weighted by Gasteiger charge is -2.14. The number of hydrogen-bond acceptors (Lipinski definition) is 8. The first-order valence-electron chi connectivity index (χ1n) is 10.9. The Bertz CT molecular complexity index is 1660. The van der Waals surface area contributed by atoms with Crippen molar-refractivity contribution in [3.63, 3.8) is 0 Å². The molecule has 4 heterocycles. The van der Waals surface area contributed by atoms with Crippen LogP contribution in [0, 0.1) is 11.6 Å². The molecule has 4 aromatic rings. The SMILES string of the molecule is CCNC(=O)c1cc2c(=O)n(C)cc(-c3cc(NS(=O)(=O)CC)cnc3Oc3c(F)cncc3F)c2o1. The molecule has 4 aromatic heterocycles. The Hall–Kier alpha value is -4.33. The average Bonchev–Trinajstić information content (AvgIpc) is 3.30. The minimum atomic E-state index is -3.72. The van der Waals surface area contributed by atoms with E-state index in [1.807, 2.05) is 0 Å². The molecule has 0 unspecified atom stereocenters. The monoisotopic (exact) mass is 533 g/mol. The van der Waals surface area contributed by atoms with Gasteiger partial charge in [0, 0.05) is 31.4 Å². The van der Waals surface area contributed by atoms with Crippen molar-refractivity contribution >= 4 is 32.6 Å². The van der Waals surface area contributed by atoms with E-state index in [0.717, 1.165) is 18.6 Å². The van der Waals surface area contributed by atoms with Crippen LogP contribution in [0.1, 0.15) is 24.4 Å². The highest BCUT2D eigenvalue weighted by molar-refractivity contribution is 7.92. The number of hydrogen-bond donors (Lipinski definition) is 2. The predicted octanol–water partition coefficient (Wildman–Crippen LogP) is 3.17. The van der Waals surface area contributed by atoms with Crippen LogP contribution >= 0.6 is 0 Å². The molecule has 0 aliphatic carbocycles. The fraction of sp³-hybridized carbons (Fsp3) is 0.217. The summed E-state index contributed by atoms with van der Waals surface area (Å²) in [5.74, 6) is -4.28. The lowest BCUT2D eigenvalue weighted by atomic mass is 10.1. The van der Waals surface area contributed by atoms with Crippen LogP contribution in [-0.4, -0.2) is 41.2 Å². The smallest absolute Gasteiger partial charge is 0.287 e. The van der Waals surface area contributed by atoms with E-state index in [1.54, 1.807) is 6.92 Å². The van der Waals surface area contributed by atoms with Crippen molar-refractivity contribution < 1.29 is 31.1 Å². The van der Waals surface area contributed by atoms with Crippen LogP contribution in [-0.2, 0) is 17.1 Å². The number of aryl methyl sites for hydroxylation is 1. The Morgan fingerprint density at radius 2 is 1.84 bits per heavy atom. The molecule has 4 rings (SSSR count). The maximum absolute atomic E-state index is 14.3. The Morgan fingerprint density at radius 1 is 1.14 bits per heavy atom. The van der Waals surface area contributed by atoms with E-state index in [-0.39, 0.29) is 45.2 Å². The van der Waals surface area contributed by atoms with Gasteiger partial charge < -0.3 is 19.0 Å². The fourth-order valence-corrected chi connectivity index (χ4v) is 4.05. The van der Waals surface area contributed by atoms with Crippen molar-refractivity contribution in [3.05, 3.63) is 64.7 Å². The first-order chi connectivity index (χ1) is 17.5. The number of anilines is 1. The number of nitrogens with one attached hydrogen (secondary N) is 2. The number of sulfonamides is 1. The fourth-order valence-electron chi connectivity index (χ4n) is 3.43. The second-order valence-electron chi connectivity index (χ2n) is 7.79. The van der Waals surface area contributed by atoms with Crippen LogP contribution in [0.2, 0.25) is 0 Å². The van der Waals surface area contributed by atoms with Crippen LogP contribution in [0.15, 0.2) is 46.1 Å². The number of nitrogens with zero attached hydrogens (tertiary/aromatic N) is 3. The summed E-state index contributed by atoms with van der Waals surface area (Å²) in [5.41, 5.74) is -0.353. The number of pyridine rings is 3. The van der Waals surface area contributed by atoms with E-state index in [4.69, 9.17) is 9.15 Å². The number of fused-ring (bicyclic) bond motifs is 1. The van der Waals surface area contributed by atoms with E-state index < -0.39 is 38.9 Å². The molecule has 14 heteroatoms. The molecule has 0 bridgehead atoms. The number of carbonyl (C=O) groups excluding carboxylic acids is 1.